The number of Topliss-reactive ketones (excluding diaryl/α,β-unsaturated/α-hetero) is 1. The van der Waals surface area contributed by atoms with E-state index < -0.39 is 23.6 Å². The van der Waals surface area contributed by atoms with Crippen LogP contribution >= 0.6 is 0 Å². The Hall–Kier alpha value is -2.83. The van der Waals surface area contributed by atoms with Gasteiger partial charge in [0.05, 0.1) is 30.6 Å². The summed E-state index contributed by atoms with van der Waals surface area (Å²) in [7, 11) is 0. The highest BCUT2D eigenvalue weighted by molar-refractivity contribution is 6.16. The first-order valence-electron chi connectivity index (χ1n) is 7.59. The van der Waals surface area contributed by atoms with E-state index in [1.165, 1.54) is 0 Å². The van der Waals surface area contributed by atoms with Crippen LogP contribution in [0.25, 0.3) is 0 Å². The minimum Gasteiger partial charge on any atom is -0.479 e. The summed E-state index contributed by atoms with van der Waals surface area (Å²) >= 11 is 0. The molecule has 0 radical (unpaired) electrons. The Morgan fingerprint density at radius 2 is 1.75 bits per heavy atom. The van der Waals surface area contributed by atoms with Crippen LogP contribution < -0.4 is 4.74 Å². The summed E-state index contributed by atoms with van der Waals surface area (Å²) in [5.74, 6) is -2.00. The van der Waals surface area contributed by atoms with Gasteiger partial charge in [-0.15, -0.1) is 0 Å². The molecule has 7 heteroatoms. The lowest BCUT2D eigenvalue weighted by Gasteiger charge is -2.33. The number of rotatable bonds is 4. The minimum atomic E-state index is -2.18. The van der Waals surface area contributed by atoms with Gasteiger partial charge in [0.2, 0.25) is 0 Å². The van der Waals surface area contributed by atoms with Crippen molar-refractivity contribution in [3.63, 3.8) is 0 Å². The van der Waals surface area contributed by atoms with Crippen molar-refractivity contribution in [1.82, 2.24) is 0 Å². The van der Waals surface area contributed by atoms with Gasteiger partial charge in [0, 0.05) is 0 Å². The number of esters is 2. The first kappa shape index (κ1) is 16.0. The third kappa shape index (κ3) is 2.16. The molecule has 1 aromatic carbocycles. The van der Waals surface area contributed by atoms with E-state index in [-0.39, 0.29) is 30.3 Å². The van der Waals surface area contributed by atoms with Crippen LogP contribution in [0, 0.1) is 0 Å². The highest BCUT2D eigenvalue weighted by Gasteiger charge is 2.65. The Balaban J connectivity index is 2.07. The predicted molar refractivity (Wildman–Crippen MR) is 80.4 cm³/mol. The van der Waals surface area contributed by atoms with Crippen molar-refractivity contribution in [3.8, 4) is 5.75 Å². The zero-order chi connectivity index (χ0) is 17.3. The lowest BCUT2D eigenvalue weighted by molar-refractivity contribution is -0.189. The van der Waals surface area contributed by atoms with E-state index in [1.54, 1.807) is 38.1 Å². The maximum absolute atomic E-state index is 12.6. The maximum Gasteiger partial charge on any atom is 0.367 e. The van der Waals surface area contributed by atoms with E-state index >= 15 is 0 Å². The minimum absolute atomic E-state index is 0.0376. The molecule has 0 N–H and O–H groups in total. The number of hydrogen-bond acceptors (Lipinski definition) is 7. The van der Waals surface area contributed by atoms with Crippen molar-refractivity contribution in [1.29, 1.82) is 0 Å². The Morgan fingerprint density at radius 1 is 1.12 bits per heavy atom. The summed E-state index contributed by atoms with van der Waals surface area (Å²) in [5, 5.41) is 0. The van der Waals surface area contributed by atoms with Crippen LogP contribution in [0.5, 0.6) is 5.75 Å². The molecule has 24 heavy (non-hydrogen) atoms. The first-order valence-corrected chi connectivity index (χ1v) is 7.59. The van der Waals surface area contributed by atoms with Gasteiger partial charge >= 0.3 is 17.5 Å². The molecule has 1 unspecified atom stereocenters. The number of carbonyl (C=O) groups is 3. The Kier molecular flexibility index (Phi) is 4.01. The van der Waals surface area contributed by atoms with Gasteiger partial charge in [0.25, 0.3) is 0 Å². The van der Waals surface area contributed by atoms with Crippen LogP contribution in [-0.4, -0.2) is 42.6 Å². The van der Waals surface area contributed by atoms with Crippen LogP contribution in [-0.2, 0) is 23.8 Å². The van der Waals surface area contributed by atoms with Gasteiger partial charge in [-0.3, -0.25) is 4.79 Å². The maximum atomic E-state index is 12.6. The predicted octanol–water partition coefficient (Wildman–Crippen LogP) is 1.41. The van der Waals surface area contributed by atoms with Crippen LogP contribution in [0.1, 0.15) is 24.2 Å². The fourth-order valence-electron chi connectivity index (χ4n) is 2.73. The van der Waals surface area contributed by atoms with Crippen molar-refractivity contribution in [2.24, 2.45) is 0 Å². The third-order valence-corrected chi connectivity index (χ3v) is 3.82. The van der Waals surface area contributed by atoms with E-state index in [9.17, 15) is 14.4 Å². The first-order chi connectivity index (χ1) is 11.6. The van der Waals surface area contributed by atoms with Crippen molar-refractivity contribution < 1.29 is 33.3 Å². The van der Waals surface area contributed by atoms with E-state index in [2.05, 4.69) is 0 Å². The number of para-hydroxylation sites is 1. The molecular formula is C17H16O7. The number of fused-ring (bicyclic) bond motifs is 2. The average molecular weight is 332 g/mol. The van der Waals surface area contributed by atoms with Crippen molar-refractivity contribution in [2.45, 2.75) is 25.6 Å². The topological polar surface area (TPSA) is 88.1 Å². The second-order valence-corrected chi connectivity index (χ2v) is 5.19. The van der Waals surface area contributed by atoms with Gasteiger partial charge in [0.15, 0.2) is 11.9 Å². The summed E-state index contributed by atoms with van der Waals surface area (Å²) in [6, 6.07) is 6.57. The SMILES string of the molecule is CCOC(=O)C1(C(=O)OCC)OC=C2C(=O)c3ccccc3OC21. The zero-order valence-corrected chi connectivity index (χ0v) is 13.2. The molecule has 0 spiro atoms. The molecule has 0 aromatic heterocycles. The molecule has 3 rings (SSSR count). The molecular weight excluding hydrogens is 316 g/mol. The zero-order valence-electron chi connectivity index (χ0n) is 13.2. The molecule has 0 saturated heterocycles. The number of hydrogen-bond donors (Lipinski definition) is 0. The second kappa shape index (κ2) is 5.99. The Morgan fingerprint density at radius 3 is 2.38 bits per heavy atom. The average Bonchev–Trinajstić information content (AvgIpc) is 2.96. The van der Waals surface area contributed by atoms with Gasteiger partial charge in [-0.1, -0.05) is 12.1 Å². The largest absolute Gasteiger partial charge is 0.479 e. The summed E-state index contributed by atoms with van der Waals surface area (Å²) in [5.41, 5.74) is -1.76. The number of benzene rings is 1. The molecule has 126 valence electrons. The Bertz CT molecular complexity index is 716. The molecule has 0 bridgehead atoms. The second-order valence-electron chi connectivity index (χ2n) is 5.19. The fraction of sp³-hybridized carbons (Fsp3) is 0.353. The van der Waals surface area contributed by atoms with Gasteiger partial charge in [0.1, 0.15) is 5.75 Å². The lowest BCUT2D eigenvalue weighted by Crippen LogP contribution is -2.60. The van der Waals surface area contributed by atoms with Crippen molar-refractivity contribution in [3.05, 3.63) is 41.7 Å². The highest BCUT2D eigenvalue weighted by Crippen LogP contribution is 2.41. The molecule has 0 aliphatic carbocycles. The number of ether oxygens (including phenoxy) is 4. The highest BCUT2D eigenvalue weighted by atomic mass is 16.6. The van der Waals surface area contributed by atoms with Gasteiger partial charge in [-0.2, -0.15) is 0 Å². The molecule has 1 atom stereocenters. The van der Waals surface area contributed by atoms with Crippen LogP contribution in [0.4, 0.5) is 0 Å². The summed E-state index contributed by atoms with van der Waals surface area (Å²) < 4.78 is 21.1. The van der Waals surface area contributed by atoms with Crippen molar-refractivity contribution in [2.75, 3.05) is 13.2 Å². The van der Waals surface area contributed by atoms with E-state index in [0.717, 1.165) is 6.26 Å². The summed E-state index contributed by atoms with van der Waals surface area (Å²) in [6.07, 6.45) is -0.172. The molecule has 2 aliphatic rings. The normalized spacial score (nSPS) is 20.0. The smallest absolute Gasteiger partial charge is 0.367 e. The molecule has 0 fully saturated rings. The Labute approximate surface area is 138 Å². The van der Waals surface area contributed by atoms with Gasteiger partial charge in [-0.25, -0.2) is 9.59 Å². The van der Waals surface area contributed by atoms with E-state index in [1.807, 2.05) is 0 Å². The molecule has 1 aromatic rings. The molecule has 2 heterocycles. The standard InChI is InChI=1S/C17H16O7/c1-3-21-15(19)17(16(20)22-4-2)14-11(9-23-17)13(18)10-7-5-6-8-12(10)24-14/h5-9,14H,3-4H2,1-2H3. The van der Waals surface area contributed by atoms with E-state index in [4.69, 9.17) is 18.9 Å². The van der Waals surface area contributed by atoms with E-state index in [0.29, 0.717) is 5.56 Å². The molecule has 2 aliphatic heterocycles. The van der Waals surface area contributed by atoms with Crippen molar-refractivity contribution >= 4 is 17.7 Å². The molecule has 0 saturated carbocycles. The number of ketones is 1. The molecule has 0 amide bonds. The van der Waals surface area contributed by atoms with Crippen LogP contribution in [0.2, 0.25) is 0 Å². The quantitative estimate of drug-likeness (QED) is 0.608. The summed E-state index contributed by atoms with van der Waals surface area (Å²) in [6.45, 7) is 3.27. The number of carbonyl (C=O) groups excluding carboxylic acids is 3. The monoisotopic (exact) mass is 332 g/mol. The fourth-order valence-corrected chi connectivity index (χ4v) is 2.73. The van der Waals surface area contributed by atoms with Gasteiger partial charge < -0.3 is 18.9 Å². The lowest BCUT2D eigenvalue weighted by atomic mass is 9.87. The summed E-state index contributed by atoms with van der Waals surface area (Å²) in [4.78, 5) is 37.6. The third-order valence-electron chi connectivity index (χ3n) is 3.82. The van der Waals surface area contributed by atoms with Crippen LogP contribution in [0.15, 0.2) is 36.1 Å². The molecule has 7 nitrogen and oxygen atoms in total. The van der Waals surface area contributed by atoms with Gasteiger partial charge in [-0.05, 0) is 26.0 Å². The van der Waals surface area contributed by atoms with Crippen LogP contribution in [0.3, 0.4) is 0 Å².